The lowest BCUT2D eigenvalue weighted by atomic mass is 10.1. The number of aliphatic hydroxyl groups is 1. The van der Waals surface area contributed by atoms with Crippen LogP contribution in [-0.4, -0.2) is 62.4 Å². The molecule has 1 aliphatic heterocycles. The molecule has 1 amide bonds. The molecule has 2 rings (SSSR count). The van der Waals surface area contributed by atoms with Crippen molar-refractivity contribution in [3.05, 3.63) is 29.8 Å². The Morgan fingerprint density at radius 1 is 1.33 bits per heavy atom. The fraction of sp³-hybridized carbons (Fsp3) is 0.500. The number of carbonyl (C=O) groups is 1. The quantitative estimate of drug-likeness (QED) is 0.872. The van der Waals surface area contributed by atoms with Crippen molar-refractivity contribution < 1.29 is 18.3 Å². The number of hydrogen-bond acceptors (Lipinski definition) is 4. The Morgan fingerprint density at radius 2 is 1.95 bits per heavy atom. The first-order valence-electron chi connectivity index (χ1n) is 6.79. The number of carbonyl (C=O) groups excluding carboxylic acids is 1. The second-order valence-corrected chi connectivity index (χ2v) is 7.55. The highest BCUT2D eigenvalue weighted by Crippen LogP contribution is 2.20. The molecule has 21 heavy (non-hydrogen) atoms. The number of likely N-dealkylation sites (tertiary alicyclic amines) is 1. The number of nitrogens with zero attached hydrogens (tertiary/aromatic N) is 2. The molecule has 1 atom stereocenters. The molecule has 1 aromatic carbocycles. The number of aliphatic hydroxyl groups excluding tert-OH is 1. The Bertz CT molecular complexity index is 610. The molecule has 1 heterocycles. The van der Waals surface area contributed by atoms with Gasteiger partial charge in [0.2, 0.25) is 10.0 Å². The molecular weight excluding hydrogens is 292 g/mol. The maximum absolute atomic E-state index is 12.3. The monoisotopic (exact) mass is 312 g/mol. The van der Waals surface area contributed by atoms with Crippen LogP contribution in [0.25, 0.3) is 0 Å². The van der Waals surface area contributed by atoms with Crippen molar-refractivity contribution in [2.24, 2.45) is 5.92 Å². The molecule has 116 valence electrons. The first-order valence-corrected chi connectivity index (χ1v) is 8.23. The summed E-state index contributed by atoms with van der Waals surface area (Å²) < 4.78 is 25.0. The lowest BCUT2D eigenvalue weighted by Gasteiger charge is -2.17. The van der Waals surface area contributed by atoms with Gasteiger partial charge in [0, 0.05) is 45.3 Å². The number of benzene rings is 1. The first-order chi connectivity index (χ1) is 9.86. The Balaban J connectivity index is 2.15. The molecule has 0 aliphatic carbocycles. The van der Waals surface area contributed by atoms with E-state index in [0.717, 1.165) is 10.7 Å². The van der Waals surface area contributed by atoms with Crippen molar-refractivity contribution in [2.75, 3.05) is 33.8 Å². The van der Waals surface area contributed by atoms with Gasteiger partial charge in [-0.3, -0.25) is 4.79 Å². The Labute approximate surface area is 125 Å². The van der Waals surface area contributed by atoms with Gasteiger partial charge in [0.25, 0.3) is 5.91 Å². The highest BCUT2D eigenvalue weighted by Gasteiger charge is 2.26. The summed E-state index contributed by atoms with van der Waals surface area (Å²) in [5.41, 5.74) is 0.464. The predicted octanol–water partition coefficient (Wildman–Crippen LogP) is 0.391. The van der Waals surface area contributed by atoms with Gasteiger partial charge in [-0.1, -0.05) is 0 Å². The normalized spacial score (nSPS) is 19.2. The van der Waals surface area contributed by atoms with Gasteiger partial charge in [-0.2, -0.15) is 0 Å². The van der Waals surface area contributed by atoms with Crippen LogP contribution < -0.4 is 0 Å². The third-order valence-electron chi connectivity index (χ3n) is 3.71. The molecule has 1 N–H and O–H groups in total. The van der Waals surface area contributed by atoms with E-state index in [0.29, 0.717) is 18.7 Å². The third kappa shape index (κ3) is 3.25. The molecule has 1 saturated heterocycles. The fourth-order valence-corrected chi connectivity index (χ4v) is 3.23. The van der Waals surface area contributed by atoms with Gasteiger partial charge >= 0.3 is 0 Å². The van der Waals surface area contributed by atoms with Crippen LogP contribution in [0.2, 0.25) is 0 Å². The van der Waals surface area contributed by atoms with Gasteiger partial charge in [-0.15, -0.1) is 0 Å². The second kappa shape index (κ2) is 6.13. The molecule has 6 nitrogen and oxygen atoms in total. The number of amides is 1. The van der Waals surface area contributed by atoms with Gasteiger partial charge in [-0.25, -0.2) is 12.7 Å². The average molecular weight is 312 g/mol. The van der Waals surface area contributed by atoms with E-state index in [1.165, 1.54) is 38.4 Å². The fourth-order valence-electron chi connectivity index (χ4n) is 2.33. The molecule has 0 bridgehead atoms. The summed E-state index contributed by atoms with van der Waals surface area (Å²) in [5, 5.41) is 9.10. The standard InChI is InChI=1S/C14H20N2O4S/c1-15(2)21(19,20)13-5-3-12(4-6-13)14(18)16-8-7-11(9-16)10-17/h3-6,11,17H,7-10H2,1-2H3. The van der Waals surface area contributed by atoms with E-state index >= 15 is 0 Å². The van der Waals surface area contributed by atoms with Crippen molar-refractivity contribution in [1.29, 1.82) is 0 Å². The summed E-state index contributed by atoms with van der Waals surface area (Å²) in [6.45, 7) is 1.26. The first kappa shape index (κ1) is 15.9. The Hall–Kier alpha value is -1.44. The van der Waals surface area contributed by atoms with Crippen molar-refractivity contribution in [1.82, 2.24) is 9.21 Å². The van der Waals surface area contributed by atoms with Crippen LogP contribution >= 0.6 is 0 Å². The number of rotatable bonds is 4. The molecule has 0 spiro atoms. The van der Waals surface area contributed by atoms with E-state index in [1.54, 1.807) is 4.90 Å². The molecule has 1 aromatic rings. The molecule has 1 aliphatic rings. The molecule has 0 radical (unpaired) electrons. The smallest absolute Gasteiger partial charge is 0.253 e. The van der Waals surface area contributed by atoms with Gasteiger partial charge in [0.1, 0.15) is 0 Å². The van der Waals surface area contributed by atoms with Crippen LogP contribution in [0.15, 0.2) is 29.2 Å². The van der Waals surface area contributed by atoms with Crippen molar-refractivity contribution >= 4 is 15.9 Å². The zero-order valence-corrected chi connectivity index (χ0v) is 13.0. The van der Waals surface area contributed by atoms with Crippen LogP contribution in [0.4, 0.5) is 0 Å². The van der Waals surface area contributed by atoms with Crippen molar-refractivity contribution in [2.45, 2.75) is 11.3 Å². The number of hydrogen-bond donors (Lipinski definition) is 1. The minimum atomic E-state index is -3.48. The Kier molecular flexibility index (Phi) is 4.65. The summed E-state index contributed by atoms with van der Waals surface area (Å²) >= 11 is 0. The zero-order valence-electron chi connectivity index (χ0n) is 12.2. The lowest BCUT2D eigenvalue weighted by Crippen LogP contribution is -2.29. The van der Waals surface area contributed by atoms with Crippen LogP contribution in [0, 0.1) is 5.92 Å². The molecule has 0 aromatic heterocycles. The van der Waals surface area contributed by atoms with Gasteiger partial charge in [0.15, 0.2) is 0 Å². The van der Waals surface area contributed by atoms with Crippen molar-refractivity contribution in [3.8, 4) is 0 Å². The van der Waals surface area contributed by atoms with Crippen LogP contribution in [0.1, 0.15) is 16.8 Å². The van der Waals surface area contributed by atoms with Gasteiger partial charge < -0.3 is 10.0 Å². The van der Waals surface area contributed by atoms with Crippen molar-refractivity contribution in [3.63, 3.8) is 0 Å². The number of sulfonamides is 1. The van der Waals surface area contributed by atoms with Gasteiger partial charge in [0.05, 0.1) is 4.90 Å². The third-order valence-corrected chi connectivity index (χ3v) is 5.54. The maximum atomic E-state index is 12.3. The minimum Gasteiger partial charge on any atom is -0.396 e. The maximum Gasteiger partial charge on any atom is 0.253 e. The van der Waals surface area contributed by atoms with E-state index in [2.05, 4.69) is 0 Å². The molecular formula is C14H20N2O4S. The summed E-state index contributed by atoms with van der Waals surface area (Å²) in [6, 6.07) is 5.96. The molecule has 1 fully saturated rings. The molecule has 1 unspecified atom stereocenters. The van der Waals surface area contributed by atoms with Crippen LogP contribution in [0.5, 0.6) is 0 Å². The predicted molar refractivity (Wildman–Crippen MR) is 78.4 cm³/mol. The summed E-state index contributed by atoms with van der Waals surface area (Å²) in [6.07, 6.45) is 0.801. The van der Waals surface area contributed by atoms with Gasteiger partial charge in [-0.05, 0) is 30.7 Å². The van der Waals surface area contributed by atoms with E-state index in [1.807, 2.05) is 0 Å². The van der Waals surface area contributed by atoms with Crippen LogP contribution in [-0.2, 0) is 10.0 Å². The van der Waals surface area contributed by atoms with Crippen LogP contribution in [0.3, 0.4) is 0 Å². The van der Waals surface area contributed by atoms with E-state index in [9.17, 15) is 13.2 Å². The van der Waals surface area contributed by atoms with E-state index in [4.69, 9.17) is 5.11 Å². The lowest BCUT2D eigenvalue weighted by molar-refractivity contribution is 0.0781. The average Bonchev–Trinajstić information content (AvgIpc) is 2.95. The Morgan fingerprint density at radius 3 is 2.43 bits per heavy atom. The summed E-state index contributed by atoms with van der Waals surface area (Å²) in [4.78, 5) is 14.1. The van der Waals surface area contributed by atoms with E-state index in [-0.39, 0.29) is 23.3 Å². The van der Waals surface area contributed by atoms with E-state index < -0.39 is 10.0 Å². The zero-order chi connectivity index (χ0) is 15.6. The summed E-state index contributed by atoms with van der Waals surface area (Å²) in [5.74, 6) is 0.0158. The SMILES string of the molecule is CN(C)S(=O)(=O)c1ccc(C(=O)N2CCC(CO)C2)cc1. The molecule has 7 heteroatoms. The molecule has 0 saturated carbocycles. The summed E-state index contributed by atoms with van der Waals surface area (Å²) in [7, 11) is -0.544. The highest BCUT2D eigenvalue weighted by molar-refractivity contribution is 7.89. The second-order valence-electron chi connectivity index (χ2n) is 5.40. The largest absolute Gasteiger partial charge is 0.396 e. The minimum absolute atomic E-state index is 0.0871. The highest BCUT2D eigenvalue weighted by atomic mass is 32.2. The topological polar surface area (TPSA) is 77.9 Å².